The number of hydrogen-bond donors (Lipinski definition) is 1. The summed E-state index contributed by atoms with van der Waals surface area (Å²) in [5, 5.41) is 4.95. The molecule has 2 N–H and O–H groups in total. The molecule has 0 radical (unpaired) electrons. The van der Waals surface area contributed by atoms with Gasteiger partial charge in [-0.05, 0) is 36.3 Å². The highest BCUT2D eigenvalue weighted by molar-refractivity contribution is 7.89. The third-order valence-electron chi connectivity index (χ3n) is 2.56. The molecule has 0 aliphatic carbocycles. The average molecular weight is 255 g/mol. The maximum atomic E-state index is 10.8. The van der Waals surface area contributed by atoms with Crippen LogP contribution in [0.2, 0.25) is 0 Å². The van der Waals surface area contributed by atoms with Crippen molar-refractivity contribution >= 4 is 10.0 Å². The Kier molecular flexibility index (Phi) is 5.15. The van der Waals surface area contributed by atoms with Gasteiger partial charge in [0, 0.05) is 0 Å². The number of rotatable bonds is 6. The SMILES string of the molecule is CC(C)Cc1ccc(CCCS(N)(=O)=O)cc1. The largest absolute Gasteiger partial charge is 0.229 e. The Bertz CT molecular complexity index is 435. The van der Waals surface area contributed by atoms with E-state index in [1.807, 2.05) is 0 Å². The van der Waals surface area contributed by atoms with Crippen molar-refractivity contribution < 1.29 is 8.42 Å². The summed E-state index contributed by atoms with van der Waals surface area (Å²) in [5.41, 5.74) is 2.50. The quantitative estimate of drug-likeness (QED) is 0.846. The lowest BCUT2D eigenvalue weighted by Gasteiger charge is -2.06. The van der Waals surface area contributed by atoms with Gasteiger partial charge in [0.1, 0.15) is 0 Å². The minimum absolute atomic E-state index is 0.0563. The zero-order valence-electron chi connectivity index (χ0n) is 10.5. The van der Waals surface area contributed by atoms with Crippen molar-refractivity contribution in [1.82, 2.24) is 0 Å². The summed E-state index contributed by atoms with van der Waals surface area (Å²) in [4.78, 5) is 0. The Morgan fingerprint density at radius 3 is 2.12 bits per heavy atom. The molecule has 1 aromatic rings. The molecule has 0 saturated heterocycles. The van der Waals surface area contributed by atoms with Crippen molar-refractivity contribution in [2.45, 2.75) is 33.1 Å². The molecular formula is C13H21NO2S. The molecule has 96 valence electrons. The molecule has 0 aromatic heterocycles. The molecule has 0 aliphatic rings. The summed E-state index contributed by atoms with van der Waals surface area (Å²) in [6, 6.07) is 8.38. The molecule has 4 heteroatoms. The van der Waals surface area contributed by atoms with Gasteiger partial charge in [-0.25, -0.2) is 13.6 Å². The molecule has 3 nitrogen and oxygen atoms in total. The van der Waals surface area contributed by atoms with Crippen molar-refractivity contribution in [3.8, 4) is 0 Å². The number of aryl methyl sites for hydroxylation is 1. The molecule has 0 bridgehead atoms. The van der Waals surface area contributed by atoms with Crippen LogP contribution < -0.4 is 5.14 Å². The van der Waals surface area contributed by atoms with Crippen molar-refractivity contribution in [3.63, 3.8) is 0 Å². The molecular weight excluding hydrogens is 234 g/mol. The lowest BCUT2D eigenvalue weighted by atomic mass is 10.0. The molecule has 0 aliphatic heterocycles. The topological polar surface area (TPSA) is 60.2 Å². The van der Waals surface area contributed by atoms with Gasteiger partial charge in [-0.2, -0.15) is 0 Å². The Hall–Kier alpha value is -0.870. The van der Waals surface area contributed by atoms with E-state index >= 15 is 0 Å². The van der Waals surface area contributed by atoms with E-state index in [9.17, 15) is 8.42 Å². The van der Waals surface area contributed by atoms with Crippen LogP contribution in [0.15, 0.2) is 24.3 Å². The minimum Gasteiger partial charge on any atom is -0.229 e. The fourth-order valence-electron chi connectivity index (χ4n) is 1.79. The third kappa shape index (κ3) is 6.44. The first kappa shape index (κ1) is 14.2. The van der Waals surface area contributed by atoms with Crippen molar-refractivity contribution in [2.24, 2.45) is 11.1 Å². The van der Waals surface area contributed by atoms with E-state index in [2.05, 4.69) is 38.1 Å². The van der Waals surface area contributed by atoms with Gasteiger partial charge in [0.05, 0.1) is 5.75 Å². The monoisotopic (exact) mass is 255 g/mol. The van der Waals surface area contributed by atoms with Crippen LogP contribution >= 0.6 is 0 Å². The Balaban J connectivity index is 2.46. The van der Waals surface area contributed by atoms with E-state index in [-0.39, 0.29) is 5.75 Å². The zero-order chi connectivity index (χ0) is 12.9. The van der Waals surface area contributed by atoms with Gasteiger partial charge in [-0.3, -0.25) is 0 Å². The van der Waals surface area contributed by atoms with Crippen LogP contribution in [-0.4, -0.2) is 14.2 Å². The van der Waals surface area contributed by atoms with Crippen molar-refractivity contribution in [2.75, 3.05) is 5.75 Å². The second-order valence-corrected chi connectivity index (χ2v) is 6.62. The number of sulfonamides is 1. The summed E-state index contributed by atoms with van der Waals surface area (Å²) in [7, 11) is -3.32. The molecule has 0 atom stereocenters. The number of hydrogen-bond acceptors (Lipinski definition) is 2. The second-order valence-electron chi connectivity index (χ2n) is 4.89. The first-order valence-corrected chi connectivity index (χ1v) is 7.66. The van der Waals surface area contributed by atoms with E-state index in [0.717, 1.165) is 12.8 Å². The summed E-state index contributed by atoms with van der Waals surface area (Å²) in [6.45, 7) is 4.39. The van der Waals surface area contributed by atoms with E-state index in [1.165, 1.54) is 11.1 Å². The smallest absolute Gasteiger partial charge is 0.209 e. The van der Waals surface area contributed by atoms with Crippen LogP contribution in [0.3, 0.4) is 0 Å². The first-order chi connectivity index (χ1) is 7.87. The van der Waals surface area contributed by atoms with Crippen LogP contribution in [0.4, 0.5) is 0 Å². The normalized spacial score (nSPS) is 12.0. The molecule has 0 amide bonds. The molecule has 0 heterocycles. The van der Waals surface area contributed by atoms with Gasteiger partial charge in [0.15, 0.2) is 0 Å². The first-order valence-electron chi connectivity index (χ1n) is 5.95. The Labute approximate surface area is 104 Å². The third-order valence-corrected chi connectivity index (χ3v) is 3.42. The Morgan fingerprint density at radius 2 is 1.65 bits per heavy atom. The maximum absolute atomic E-state index is 10.8. The zero-order valence-corrected chi connectivity index (χ0v) is 11.3. The summed E-state index contributed by atoms with van der Waals surface area (Å²) >= 11 is 0. The average Bonchev–Trinajstić information content (AvgIpc) is 2.18. The highest BCUT2D eigenvalue weighted by Gasteiger charge is 2.03. The van der Waals surface area contributed by atoms with Gasteiger partial charge in [0.2, 0.25) is 10.0 Å². The van der Waals surface area contributed by atoms with Crippen LogP contribution in [0.1, 0.15) is 31.4 Å². The van der Waals surface area contributed by atoms with Gasteiger partial charge in [-0.15, -0.1) is 0 Å². The second kappa shape index (κ2) is 6.17. The molecule has 17 heavy (non-hydrogen) atoms. The molecule has 0 unspecified atom stereocenters. The molecule has 0 fully saturated rings. The van der Waals surface area contributed by atoms with Crippen LogP contribution in [0.5, 0.6) is 0 Å². The van der Waals surface area contributed by atoms with Gasteiger partial charge < -0.3 is 0 Å². The molecule has 1 aromatic carbocycles. The highest BCUT2D eigenvalue weighted by atomic mass is 32.2. The number of benzene rings is 1. The number of nitrogens with two attached hydrogens (primary N) is 1. The van der Waals surface area contributed by atoms with E-state index in [1.54, 1.807) is 0 Å². The van der Waals surface area contributed by atoms with E-state index in [0.29, 0.717) is 12.3 Å². The minimum atomic E-state index is -3.32. The van der Waals surface area contributed by atoms with Gasteiger partial charge in [0.25, 0.3) is 0 Å². The summed E-state index contributed by atoms with van der Waals surface area (Å²) < 4.78 is 21.5. The van der Waals surface area contributed by atoms with Crippen LogP contribution in [0, 0.1) is 5.92 Å². The van der Waals surface area contributed by atoms with Crippen molar-refractivity contribution in [3.05, 3.63) is 35.4 Å². The van der Waals surface area contributed by atoms with Crippen LogP contribution in [-0.2, 0) is 22.9 Å². The molecule has 1 rings (SSSR count). The fraction of sp³-hybridized carbons (Fsp3) is 0.538. The Morgan fingerprint density at radius 1 is 1.12 bits per heavy atom. The predicted octanol–water partition coefficient (Wildman–Crippen LogP) is 2.11. The fourth-order valence-corrected chi connectivity index (χ4v) is 2.34. The summed E-state index contributed by atoms with van der Waals surface area (Å²) in [6.07, 6.45) is 2.43. The predicted molar refractivity (Wildman–Crippen MR) is 71.3 cm³/mol. The van der Waals surface area contributed by atoms with Crippen LogP contribution in [0.25, 0.3) is 0 Å². The van der Waals surface area contributed by atoms with Gasteiger partial charge in [-0.1, -0.05) is 38.1 Å². The lowest BCUT2D eigenvalue weighted by molar-refractivity contribution is 0.595. The summed E-state index contributed by atoms with van der Waals surface area (Å²) in [5.74, 6) is 0.712. The molecule has 0 spiro atoms. The van der Waals surface area contributed by atoms with E-state index < -0.39 is 10.0 Å². The van der Waals surface area contributed by atoms with Crippen molar-refractivity contribution in [1.29, 1.82) is 0 Å². The molecule has 0 saturated carbocycles. The number of primary sulfonamides is 1. The maximum Gasteiger partial charge on any atom is 0.209 e. The lowest BCUT2D eigenvalue weighted by Crippen LogP contribution is -2.16. The highest BCUT2D eigenvalue weighted by Crippen LogP contribution is 2.11. The van der Waals surface area contributed by atoms with E-state index in [4.69, 9.17) is 5.14 Å². The van der Waals surface area contributed by atoms with Gasteiger partial charge >= 0.3 is 0 Å². The standard InChI is InChI=1S/C13H21NO2S/c1-11(2)10-13-7-5-12(6-8-13)4-3-9-17(14,15)16/h5-8,11H,3-4,9-10H2,1-2H3,(H2,14,15,16).